The van der Waals surface area contributed by atoms with Gasteiger partial charge in [-0.1, -0.05) is 50.2 Å². The number of rotatable bonds is 1. The summed E-state index contributed by atoms with van der Waals surface area (Å²) in [5.41, 5.74) is 3.52. The normalized spacial score (nSPS) is 9.84. The fraction of sp³-hybridized carbons (Fsp3) is 0.167. The molecule has 0 saturated carbocycles. The summed E-state index contributed by atoms with van der Waals surface area (Å²) >= 11 is 0. The molecule has 0 N–H and O–H groups in total. The van der Waals surface area contributed by atoms with Crippen LogP contribution in [0, 0.1) is 6.92 Å². The van der Waals surface area contributed by atoms with E-state index in [0.29, 0.717) is 0 Å². The number of pyridine rings is 1. The fourth-order valence-corrected chi connectivity index (χ4v) is 2.15. The van der Waals surface area contributed by atoms with Crippen LogP contribution in [0.1, 0.15) is 19.4 Å². The topological polar surface area (TPSA) is 12.9 Å². The van der Waals surface area contributed by atoms with Crippen LogP contribution < -0.4 is 0 Å². The van der Waals surface area contributed by atoms with Gasteiger partial charge < -0.3 is 0 Å². The van der Waals surface area contributed by atoms with Gasteiger partial charge in [-0.3, -0.25) is 4.98 Å². The van der Waals surface area contributed by atoms with Crippen molar-refractivity contribution in [2.75, 3.05) is 0 Å². The lowest BCUT2D eigenvalue weighted by Gasteiger charge is -2.07. The Morgan fingerprint density at radius 1 is 0.789 bits per heavy atom. The van der Waals surface area contributed by atoms with E-state index in [0.717, 1.165) is 5.69 Å². The molecule has 3 aromatic rings. The van der Waals surface area contributed by atoms with E-state index in [4.69, 9.17) is 0 Å². The molecule has 0 bridgehead atoms. The van der Waals surface area contributed by atoms with E-state index in [2.05, 4.69) is 54.4 Å². The smallest absolute Gasteiger partial charge is 0.0704 e. The lowest BCUT2D eigenvalue weighted by molar-refractivity contribution is 1.31. The Bertz CT molecular complexity index is 657. The summed E-state index contributed by atoms with van der Waals surface area (Å²) in [7, 11) is 0. The maximum atomic E-state index is 4.42. The minimum absolute atomic E-state index is 1.04. The standard InChI is InChI=1S/C16H13N.C2H6/c1-12-10-13-6-2-3-7-14(13)11-15(12)16-8-4-5-9-17-16;1-2/h2-11H,1H3;1-2H3. The molecule has 19 heavy (non-hydrogen) atoms. The van der Waals surface area contributed by atoms with Crippen molar-refractivity contribution < 1.29 is 0 Å². The zero-order chi connectivity index (χ0) is 13.7. The lowest BCUT2D eigenvalue weighted by Crippen LogP contribution is -1.87. The molecule has 0 amide bonds. The Morgan fingerprint density at radius 3 is 2.05 bits per heavy atom. The molecule has 0 aliphatic carbocycles. The van der Waals surface area contributed by atoms with Crippen LogP contribution in [0.5, 0.6) is 0 Å². The molecule has 96 valence electrons. The van der Waals surface area contributed by atoms with Crippen LogP contribution in [0.2, 0.25) is 0 Å². The molecular weight excluding hydrogens is 230 g/mol. The van der Waals surface area contributed by atoms with Gasteiger partial charge in [-0.05, 0) is 41.5 Å². The molecule has 0 atom stereocenters. The van der Waals surface area contributed by atoms with Gasteiger partial charge >= 0.3 is 0 Å². The van der Waals surface area contributed by atoms with Crippen molar-refractivity contribution in [1.82, 2.24) is 4.98 Å². The van der Waals surface area contributed by atoms with Crippen molar-refractivity contribution >= 4 is 10.8 Å². The maximum absolute atomic E-state index is 4.42. The minimum atomic E-state index is 1.04. The van der Waals surface area contributed by atoms with Gasteiger partial charge in [-0.25, -0.2) is 0 Å². The van der Waals surface area contributed by atoms with Gasteiger partial charge in [-0.15, -0.1) is 0 Å². The second-order valence-electron chi connectivity index (χ2n) is 4.23. The molecule has 0 unspecified atom stereocenters. The van der Waals surface area contributed by atoms with Crippen LogP contribution >= 0.6 is 0 Å². The SMILES string of the molecule is CC.Cc1cc2ccccc2cc1-c1ccccn1. The summed E-state index contributed by atoms with van der Waals surface area (Å²) in [5, 5.41) is 2.54. The van der Waals surface area contributed by atoms with E-state index >= 15 is 0 Å². The predicted octanol–water partition coefficient (Wildman–Crippen LogP) is 5.24. The van der Waals surface area contributed by atoms with E-state index < -0.39 is 0 Å². The van der Waals surface area contributed by atoms with E-state index in [1.54, 1.807) is 0 Å². The molecule has 1 nitrogen and oxygen atoms in total. The van der Waals surface area contributed by atoms with Crippen molar-refractivity contribution in [3.63, 3.8) is 0 Å². The second kappa shape index (κ2) is 6.14. The van der Waals surface area contributed by atoms with Crippen LogP contribution in [0.4, 0.5) is 0 Å². The van der Waals surface area contributed by atoms with Gasteiger partial charge in [0.1, 0.15) is 0 Å². The first-order valence-corrected chi connectivity index (χ1v) is 6.75. The van der Waals surface area contributed by atoms with Crippen LogP contribution in [0.15, 0.2) is 60.8 Å². The highest BCUT2D eigenvalue weighted by Gasteiger charge is 2.04. The first kappa shape index (κ1) is 13.3. The zero-order valence-electron chi connectivity index (χ0n) is 11.7. The molecule has 0 aliphatic heterocycles. The van der Waals surface area contributed by atoms with Crippen molar-refractivity contribution in [3.8, 4) is 11.3 Å². The molecule has 1 aromatic heterocycles. The molecule has 0 spiro atoms. The summed E-state index contributed by atoms with van der Waals surface area (Å²) in [6, 6.07) is 18.9. The summed E-state index contributed by atoms with van der Waals surface area (Å²) in [6.07, 6.45) is 1.84. The van der Waals surface area contributed by atoms with E-state index in [9.17, 15) is 0 Å². The predicted molar refractivity (Wildman–Crippen MR) is 83.3 cm³/mol. The largest absolute Gasteiger partial charge is 0.256 e. The number of aromatic nitrogens is 1. The average molecular weight is 249 g/mol. The maximum Gasteiger partial charge on any atom is 0.0704 e. The van der Waals surface area contributed by atoms with Gasteiger partial charge in [0.25, 0.3) is 0 Å². The number of hydrogen-bond acceptors (Lipinski definition) is 1. The number of aryl methyl sites for hydroxylation is 1. The summed E-state index contributed by atoms with van der Waals surface area (Å²) in [5.74, 6) is 0. The summed E-state index contributed by atoms with van der Waals surface area (Å²) < 4.78 is 0. The van der Waals surface area contributed by atoms with E-state index in [1.165, 1.54) is 21.9 Å². The number of benzene rings is 2. The van der Waals surface area contributed by atoms with Gasteiger partial charge in [0, 0.05) is 11.8 Å². The Morgan fingerprint density at radius 2 is 1.42 bits per heavy atom. The van der Waals surface area contributed by atoms with Crippen LogP contribution in [-0.2, 0) is 0 Å². The quantitative estimate of drug-likeness (QED) is 0.575. The third-order valence-electron chi connectivity index (χ3n) is 3.03. The van der Waals surface area contributed by atoms with E-state index in [-0.39, 0.29) is 0 Å². The molecule has 2 aromatic carbocycles. The highest BCUT2D eigenvalue weighted by Crippen LogP contribution is 2.26. The Balaban J connectivity index is 0.000000637. The molecular formula is C18H19N. The molecule has 1 heteroatoms. The van der Waals surface area contributed by atoms with Crippen molar-refractivity contribution in [2.45, 2.75) is 20.8 Å². The van der Waals surface area contributed by atoms with Crippen molar-refractivity contribution in [1.29, 1.82) is 0 Å². The molecule has 1 heterocycles. The van der Waals surface area contributed by atoms with E-state index in [1.807, 2.05) is 32.2 Å². The highest BCUT2D eigenvalue weighted by molar-refractivity contribution is 5.88. The Labute approximate surface area is 114 Å². The average Bonchev–Trinajstić information content (AvgIpc) is 2.49. The summed E-state index contributed by atoms with van der Waals surface area (Å²) in [6.45, 7) is 6.14. The highest BCUT2D eigenvalue weighted by atomic mass is 14.7. The van der Waals surface area contributed by atoms with Crippen LogP contribution in [-0.4, -0.2) is 4.98 Å². The first-order chi connectivity index (χ1) is 9.34. The van der Waals surface area contributed by atoms with Crippen molar-refractivity contribution in [2.24, 2.45) is 0 Å². The zero-order valence-corrected chi connectivity index (χ0v) is 11.7. The third-order valence-corrected chi connectivity index (χ3v) is 3.03. The van der Waals surface area contributed by atoms with Gasteiger partial charge in [-0.2, -0.15) is 0 Å². The number of fused-ring (bicyclic) bond motifs is 1. The number of hydrogen-bond donors (Lipinski definition) is 0. The van der Waals surface area contributed by atoms with Crippen LogP contribution in [0.3, 0.4) is 0 Å². The van der Waals surface area contributed by atoms with Gasteiger partial charge in [0.05, 0.1) is 5.69 Å². The molecule has 0 fully saturated rings. The van der Waals surface area contributed by atoms with Gasteiger partial charge in [0.15, 0.2) is 0 Å². The fourth-order valence-electron chi connectivity index (χ4n) is 2.15. The molecule has 0 aliphatic rings. The minimum Gasteiger partial charge on any atom is -0.256 e. The second-order valence-corrected chi connectivity index (χ2v) is 4.23. The monoisotopic (exact) mass is 249 g/mol. The Hall–Kier alpha value is -2.15. The first-order valence-electron chi connectivity index (χ1n) is 6.75. The molecule has 0 saturated heterocycles. The summed E-state index contributed by atoms with van der Waals surface area (Å²) in [4.78, 5) is 4.42. The van der Waals surface area contributed by atoms with Crippen LogP contribution in [0.25, 0.3) is 22.0 Å². The third kappa shape index (κ3) is 2.82. The molecule has 0 radical (unpaired) electrons. The number of nitrogens with zero attached hydrogens (tertiary/aromatic N) is 1. The molecule has 3 rings (SSSR count). The van der Waals surface area contributed by atoms with Gasteiger partial charge in [0.2, 0.25) is 0 Å². The Kier molecular flexibility index (Phi) is 4.30. The lowest BCUT2D eigenvalue weighted by atomic mass is 9.99. The van der Waals surface area contributed by atoms with Crippen molar-refractivity contribution in [3.05, 3.63) is 66.4 Å².